The van der Waals surface area contributed by atoms with E-state index in [9.17, 15) is 4.79 Å². The third kappa shape index (κ3) is 3.85. The zero-order valence-corrected chi connectivity index (χ0v) is 15.8. The largest absolute Gasteiger partial charge is 0.326 e. The monoisotopic (exact) mass is 347 g/mol. The van der Waals surface area contributed by atoms with Crippen LogP contribution in [0, 0.1) is 27.7 Å². The van der Waals surface area contributed by atoms with Crippen molar-refractivity contribution in [3.8, 4) is 5.69 Å². The van der Waals surface area contributed by atoms with E-state index in [2.05, 4.69) is 31.2 Å². The Balaban J connectivity index is 1.69. The minimum atomic E-state index is 0.0273. The summed E-state index contributed by atoms with van der Waals surface area (Å²) in [6, 6.07) is 16.1. The van der Waals surface area contributed by atoms with Gasteiger partial charge in [0, 0.05) is 17.8 Å². The van der Waals surface area contributed by atoms with Crippen LogP contribution in [0.15, 0.2) is 48.5 Å². The van der Waals surface area contributed by atoms with Crippen molar-refractivity contribution in [3.05, 3.63) is 76.6 Å². The van der Waals surface area contributed by atoms with Crippen LogP contribution < -0.4 is 5.32 Å². The molecule has 0 atom stereocenters. The molecule has 1 N–H and O–H groups in total. The van der Waals surface area contributed by atoms with Gasteiger partial charge in [0.1, 0.15) is 0 Å². The normalized spacial score (nSPS) is 10.8. The lowest BCUT2D eigenvalue weighted by Crippen LogP contribution is -2.13. The number of carbonyl (C=O) groups excluding carboxylic acids is 1. The highest BCUT2D eigenvalue weighted by atomic mass is 16.1. The van der Waals surface area contributed by atoms with Crippen LogP contribution in [0.5, 0.6) is 0 Å². The molecular weight excluding hydrogens is 322 g/mol. The number of nitrogens with one attached hydrogen (secondary N) is 1. The molecule has 0 saturated carbocycles. The van der Waals surface area contributed by atoms with Crippen molar-refractivity contribution in [1.82, 2.24) is 9.78 Å². The van der Waals surface area contributed by atoms with Crippen LogP contribution in [0.25, 0.3) is 5.69 Å². The Kier molecular flexibility index (Phi) is 5.21. The number of rotatable bonds is 5. The molecule has 0 bridgehead atoms. The summed E-state index contributed by atoms with van der Waals surface area (Å²) in [5.74, 6) is 0.0273. The third-order valence-electron chi connectivity index (χ3n) is 4.83. The molecule has 0 aliphatic carbocycles. The number of hydrogen-bond donors (Lipinski definition) is 1. The van der Waals surface area contributed by atoms with Crippen molar-refractivity contribution in [1.29, 1.82) is 0 Å². The molecule has 0 radical (unpaired) electrons. The van der Waals surface area contributed by atoms with Gasteiger partial charge in [-0.05, 0) is 75.1 Å². The molecule has 3 aromatic rings. The number of amides is 1. The summed E-state index contributed by atoms with van der Waals surface area (Å²) in [5.41, 5.74) is 7.51. The Labute approximate surface area is 154 Å². The summed E-state index contributed by atoms with van der Waals surface area (Å²) in [7, 11) is 0. The highest BCUT2D eigenvalue weighted by Crippen LogP contribution is 2.20. The molecule has 0 aliphatic rings. The number of hydrogen-bond acceptors (Lipinski definition) is 2. The smallest absolute Gasteiger partial charge is 0.224 e. The van der Waals surface area contributed by atoms with Crippen molar-refractivity contribution < 1.29 is 4.79 Å². The molecule has 0 saturated heterocycles. The molecule has 3 rings (SSSR count). The highest BCUT2D eigenvalue weighted by Gasteiger charge is 2.14. The fourth-order valence-corrected chi connectivity index (χ4v) is 3.14. The molecule has 1 heterocycles. The molecule has 0 aliphatic heterocycles. The minimum absolute atomic E-state index is 0.0273. The molecule has 26 heavy (non-hydrogen) atoms. The number of aryl methyl sites for hydroxylation is 3. The Bertz CT molecular complexity index is 926. The fraction of sp³-hybridized carbons (Fsp3) is 0.273. The van der Waals surface area contributed by atoms with E-state index < -0.39 is 0 Å². The molecule has 2 aromatic carbocycles. The van der Waals surface area contributed by atoms with Gasteiger partial charge in [0.25, 0.3) is 0 Å². The molecule has 134 valence electrons. The zero-order valence-electron chi connectivity index (χ0n) is 15.8. The fourth-order valence-electron chi connectivity index (χ4n) is 3.14. The van der Waals surface area contributed by atoms with Crippen LogP contribution in [0.2, 0.25) is 0 Å². The van der Waals surface area contributed by atoms with Crippen LogP contribution in [0.4, 0.5) is 5.69 Å². The third-order valence-corrected chi connectivity index (χ3v) is 4.83. The molecule has 1 amide bonds. The summed E-state index contributed by atoms with van der Waals surface area (Å²) in [5, 5.41) is 7.64. The number of para-hydroxylation sites is 1. The summed E-state index contributed by atoms with van der Waals surface area (Å²) < 4.78 is 1.95. The maximum Gasteiger partial charge on any atom is 0.224 e. The molecule has 4 nitrogen and oxygen atoms in total. The first-order valence-corrected chi connectivity index (χ1v) is 8.93. The minimum Gasteiger partial charge on any atom is -0.326 e. The lowest BCUT2D eigenvalue weighted by atomic mass is 10.1. The van der Waals surface area contributed by atoms with E-state index in [0.29, 0.717) is 12.8 Å². The molecule has 4 heteroatoms. The SMILES string of the molecule is Cc1ccc(NC(=O)CCc2c(C)nn(-c3ccccc3)c2C)cc1C. The van der Waals surface area contributed by atoms with Crippen LogP contribution in [0.3, 0.4) is 0 Å². The van der Waals surface area contributed by atoms with Gasteiger partial charge in [-0.25, -0.2) is 4.68 Å². The van der Waals surface area contributed by atoms with Gasteiger partial charge in [0.15, 0.2) is 0 Å². The van der Waals surface area contributed by atoms with Crippen LogP contribution in [0.1, 0.15) is 34.5 Å². The zero-order chi connectivity index (χ0) is 18.7. The maximum absolute atomic E-state index is 12.3. The van der Waals surface area contributed by atoms with E-state index in [1.807, 2.05) is 60.1 Å². The predicted octanol–water partition coefficient (Wildman–Crippen LogP) is 4.68. The average molecular weight is 347 g/mol. The second kappa shape index (κ2) is 7.56. The first-order chi connectivity index (χ1) is 12.5. The topological polar surface area (TPSA) is 46.9 Å². The van der Waals surface area contributed by atoms with E-state index in [0.717, 1.165) is 28.3 Å². The van der Waals surface area contributed by atoms with E-state index in [4.69, 9.17) is 0 Å². The Hall–Kier alpha value is -2.88. The Morgan fingerprint density at radius 1 is 1.00 bits per heavy atom. The number of nitrogens with zero attached hydrogens (tertiary/aromatic N) is 2. The first kappa shape index (κ1) is 17.9. The second-order valence-electron chi connectivity index (χ2n) is 6.74. The quantitative estimate of drug-likeness (QED) is 0.728. The van der Waals surface area contributed by atoms with Crippen molar-refractivity contribution in [2.45, 2.75) is 40.5 Å². The standard InChI is InChI=1S/C22H25N3O/c1-15-10-11-19(14-16(15)2)23-22(26)13-12-21-17(3)24-25(18(21)4)20-8-6-5-7-9-20/h5-11,14H,12-13H2,1-4H3,(H,23,26). The van der Waals surface area contributed by atoms with Crippen molar-refractivity contribution in [2.24, 2.45) is 0 Å². The van der Waals surface area contributed by atoms with Crippen LogP contribution in [-0.4, -0.2) is 15.7 Å². The lowest BCUT2D eigenvalue weighted by molar-refractivity contribution is -0.116. The summed E-state index contributed by atoms with van der Waals surface area (Å²) in [6.07, 6.45) is 1.12. The average Bonchev–Trinajstić information content (AvgIpc) is 2.91. The summed E-state index contributed by atoms with van der Waals surface area (Å²) in [4.78, 5) is 12.3. The molecule has 0 fully saturated rings. The first-order valence-electron chi connectivity index (χ1n) is 8.93. The lowest BCUT2D eigenvalue weighted by Gasteiger charge is -2.08. The van der Waals surface area contributed by atoms with Crippen molar-refractivity contribution >= 4 is 11.6 Å². The van der Waals surface area contributed by atoms with Gasteiger partial charge in [-0.3, -0.25) is 4.79 Å². The van der Waals surface area contributed by atoms with Gasteiger partial charge < -0.3 is 5.32 Å². The number of anilines is 1. The number of carbonyl (C=O) groups is 1. The molecule has 0 spiro atoms. The van der Waals surface area contributed by atoms with Gasteiger partial charge >= 0.3 is 0 Å². The Morgan fingerprint density at radius 3 is 2.42 bits per heavy atom. The van der Waals surface area contributed by atoms with E-state index >= 15 is 0 Å². The van der Waals surface area contributed by atoms with Crippen molar-refractivity contribution in [2.75, 3.05) is 5.32 Å². The summed E-state index contributed by atoms with van der Waals surface area (Å²) >= 11 is 0. The van der Waals surface area contributed by atoms with Gasteiger partial charge in [0.2, 0.25) is 5.91 Å². The molecule has 1 aromatic heterocycles. The van der Waals surface area contributed by atoms with Gasteiger partial charge in [-0.1, -0.05) is 24.3 Å². The van der Waals surface area contributed by atoms with Gasteiger partial charge in [-0.2, -0.15) is 5.10 Å². The van der Waals surface area contributed by atoms with Gasteiger partial charge in [0.05, 0.1) is 11.4 Å². The van der Waals surface area contributed by atoms with Gasteiger partial charge in [-0.15, -0.1) is 0 Å². The Morgan fingerprint density at radius 2 is 1.73 bits per heavy atom. The number of aromatic nitrogens is 2. The maximum atomic E-state index is 12.3. The number of benzene rings is 2. The van der Waals surface area contributed by atoms with E-state index in [-0.39, 0.29) is 5.91 Å². The van der Waals surface area contributed by atoms with Crippen LogP contribution in [-0.2, 0) is 11.2 Å². The highest BCUT2D eigenvalue weighted by molar-refractivity contribution is 5.91. The summed E-state index contributed by atoms with van der Waals surface area (Å²) in [6.45, 7) is 8.18. The van der Waals surface area contributed by atoms with E-state index in [1.165, 1.54) is 11.1 Å². The van der Waals surface area contributed by atoms with Crippen molar-refractivity contribution in [3.63, 3.8) is 0 Å². The van der Waals surface area contributed by atoms with E-state index in [1.54, 1.807) is 0 Å². The predicted molar refractivity (Wildman–Crippen MR) is 106 cm³/mol. The van der Waals surface area contributed by atoms with Crippen LogP contribution >= 0.6 is 0 Å². The molecule has 0 unspecified atom stereocenters. The second-order valence-corrected chi connectivity index (χ2v) is 6.74. The molecular formula is C22H25N3O.